The van der Waals surface area contributed by atoms with E-state index in [0.717, 1.165) is 55.0 Å². The fourth-order valence-electron chi connectivity index (χ4n) is 2.72. The van der Waals surface area contributed by atoms with Gasteiger partial charge in [0, 0.05) is 26.2 Å². The molecule has 1 aliphatic heterocycles. The Hall–Kier alpha value is -2.37. The van der Waals surface area contributed by atoms with Gasteiger partial charge in [0.05, 0.1) is 23.7 Å². The molecule has 6 nitrogen and oxygen atoms in total. The Morgan fingerprint density at radius 1 is 0.957 bits per heavy atom. The van der Waals surface area contributed by atoms with Crippen LogP contribution in [0.5, 0.6) is 5.75 Å². The number of para-hydroxylation sites is 2. The third kappa shape index (κ3) is 3.36. The Morgan fingerprint density at radius 2 is 1.65 bits per heavy atom. The highest BCUT2D eigenvalue weighted by atomic mass is 16.5. The van der Waals surface area contributed by atoms with E-state index < -0.39 is 0 Å². The van der Waals surface area contributed by atoms with Crippen LogP contribution in [-0.4, -0.2) is 48.0 Å². The maximum absolute atomic E-state index is 5.74. The Morgan fingerprint density at radius 3 is 2.35 bits per heavy atom. The van der Waals surface area contributed by atoms with Crippen LogP contribution in [-0.2, 0) is 0 Å². The fourth-order valence-corrected chi connectivity index (χ4v) is 2.72. The van der Waals surface area contributed by atoms with Gasteiger partial charge in [0.25, 0.3) is 0 Å². The SMILES string of the molecule is CCOc1ccccc1N1CCN(c2nnc(C)c(C)n2)CC1. The predicted molar refractivity (Wildman–Crippen MR) is 91.3 cm³/mol. The average molecular weight is 313 g/mol. The van der Waals surface area contributed by atoms with Crippen molar-refractivity contribution in [2.75, 3.05) is 42.6 Å². The van der Waals surface area contributed by atoms with Gasteiger partial charge in [0.15, 0.2) is 0 Å². The van der Waals surface area contributed by atoms with Gasteiger partial charge in [-0.1, -0.05) is 12.1 Å². The van der Waals surface area contributed by atoms with Crippen LogP contribution in [0.1, 0.15) is 18.3 Å². The van der Waals surface area contributed by atoms with Crippen molar-refractivity contribution in [2.24, 2.45) is 0 Å². The Balaban J connectivity index is 1.70. The molecule has 6 heteroatoms. The standard InChI is InChI=1S/C17H23N5O/c1-4-23-16-8-6-5-7-15(16)21-9-11-22(12-10-21)17-18-13(2)14(3)19-20-17/h5-8H,4,9-12H2,1-3H3. The van der Waals surface area contributed by atoms with Crippen molar-refractivity contribution in [3.63, 3.8) is 0 Å². The second-order valence-corrected chi connectivity index (χ2v) is 5.66. The van der Waals surface area contributed by atoms with E-state index in [2.05, 4.69) is 37.1 Å². The quantitative estimate of drug-likeness (QED) is 0.862. The fraction of sp³-hybridized carbons (Fsp3) is 0.471. The molecule has 1 saturated heterocycles. The lowest BCUT2D eigenvalue weighted by atomic mass is 10.2. The van der Waals surface area contributed by atoms with Crippen LogP contribution in [0.2, 0.25) is 0 Å². The summed E-state index contributed by atoms with van der Waals surface area (Å²) in [5.74, 6) is 1.68. The van der Waals surface area contributed by atoms with Crippen molar-refractivity contribution in [1.29, 1.82) is 0 Å². The molecule has 3 rings (SSSR count). The largest absolute Gasteiger partial charge is 0.492 e. The summed E-state index contributed by atoms with van der Waals surface area (Å²) >= 11 is 0. The molecule has 0 spiro atoms. The molecular formula is C17H23N5O. The average Bonchev–Trinajstić information content (AvgIpc) is 2.58. The highest BCUT2D eigenvalue weighted by molar-refractivity contribution is 5.59. The third-order valence-electron chi connectivity index (χ3n) is 4.15. The summed E-state index contributed by atoms with van der Waals surface area (Å²) in [6.45, 7) is 10.2. The zero-order chi connectivity index (χ0) is 16.2. The smallest absolute Gasteiger partial charge is 0.245 e. The first-order valence-corrected chi connectivity index (χ1v) is 8.08. The highest BCUT2D eigenvalue weighted by Gasteiger charge is 2.21. The van der Waals surface area contributed by atoms with Crippen molar-refractivity contribution >= 4 is 11.6 Å². The highest BCUT2D eigenvalue weighted by Crippen LogP contribution is 2.29. The number of piperazine rings is 1. The molecule has 0 saturated carbocycles. The molecule has 0 atom stereocenters. The molecule has 2 aromatic rings. The van der Waals surface area contributed by atoms with E-state index >= 15 is 0 Å². The number of benzene rings is 1. The van der Waals surface area contributed by atoms with Crippen LogP contribution in [0.4, 0.5) is 11.6 Å². The minimum Gasteiger partial charge on any atom is -0.492 e. The van der Waals surface area contributed by atoms with E-state index in [1.807, 2.05) is 32.9 Å². The van der Waals surface area contributed by atoms with E-state index in [4.69, 9.17) is 4.74 Å². The lowest BCUT2D eigenvalue weighted by Crippen LogP contribution is -2.47. The molecule has 23 heavy (non-hydrogen) atoms. The molecule has 0 amide bonds. The first-order valence-electron chi connectivity index (χ1n) is 8.08. The normalized spacial score (nSPS) is 14.9. The number of hydrogen-bond acceptors (Lipinski definition) is 6. The molecule has 0 aliphatic carbocycles. The second-order valence-electron chi connectivity index (χ2n) is 5.66. The summed E-state index contributed by atoms with van der Waals surface area (Å²) < 4.78 is 5.74. The lowest BCUT2D eigenvalue weighted by molar-refractivity contribution is 0.340. The summed E-state index contributed by atoms with van der Waals surface area (Å²) in [6, 6.07) is 8.22. The first kappa shape index (κ1) is 15.5. The number of nitrogens with zero attached hydrogens (tertiary/aromatic N) is 5. The maximum atomic E-state index is 5.74. The molecule has 2 heterocycles. The Labute approximate surface area is 137 Å². The summed E-state index contributed by atoms with van der Waals surface area (Å²) in [5.41, 5.74) is 2.99. The van der Waals surface area contributed by atoms with Gasteiger partial charge < -0.3 is 14.5 Å². The topological polar surface area (TPSA) is 54.4 Å². The summed E-state index contributed by atoms with van der Waals surface area (Å²) in [7, 11) is 0. The van der Waals surface area contributed by atoms with Gasteiger partial charge in [0.2, 0.25) is 5.95 Å². The summed E-state index contributed by atoms with van der Waals surface area (Å²) in [4.78, 5) is 9.10. The van der Waals surface area contributed by atoms with Gasteiger partial charge in [-0.15, -0.1) is 5.10 Å². The van der Waals surface area contributed by atoms with Crippen LogP contribution < -0.4 is 14.5 Å². The van der Waals surface area contributed by atoms with Gasteiger partial charge in [0.1, 0.15) is 5.75 Å². The summed E-state index contributed by atoms with van der Waals surface area (Å²) in [5, 5.41) is 8.41. The van der Waals surface area contributed by atoms with Crippen LogP contribution >= 0.6 is 0 Å². The number of ether oxygens (including phenoxy) is 1. The molecule has 1 aliphatic rings. The molecule has 0 N–H and O–H groups in total. The van der Waals surface area contributed by atoms with E-state index in [1.54, 1.807) is 0 Å². The minimum absolute atomic E-state index is 0.680. The molecule has 0 bridgehead atoms. The molecule has 122 valence electrons. The zero-order valence-corrected chi connectivity index (χ0v) is 14.0. The maximum Gasteiger partial charge on any atom is 0.245 e. The Bertz CT molecular complexity index is 668. The van der Waals surface area contributed by atoms with Crippen molar-refractivity contribution < 1.29 is 4.74 Å². The number of hydrogen-bond donors (Lipinski definition) is 0. The number of rotatable bonds is 4. The van der Waals surface area contributed by atoms with Crippen LogP contribution in [0.15, 0.2) is 24.3 Å². The molecule has 1 aromatic heterocycles. The van der Waals surface area contributed by atoms with Crippen molar-refractivity contribution in [3.8, 4) is 5.75 Å². The van der Waals surface area contributed by atoms with E-state index in [1.165, 1.54) is 0 Å². The van der Waals surface area contributed by atoms with Crippen molar-refractivity contribution in [1.82, 2.24) is 15.2 Å². The third-order valence-corrected chi connectivity index (χ3v) is 4.15. The number of aromatic nitrogens is 3. The van der Waals surface area contributed by atoms with Gasteiger partial charge in [-0.3, -0.25) is 0 Å². The molecule has 0 radical (unpaired) electrons. The first-order chi connectivity index (χ1) is 11.2. The molecule has 1 fully saturated rings. The van der Waals surface area contributed by atoms with Crippen LogP contribution in [0, 0.1) is 13.8 Å². The molecular weight excluding hydrogens is 290 g/mol. The zero-order valence-electron chi connectivity index (χ0n) is 14.0. The van der Waals surface area contributed by atoms with Crippen molar-refractivity contribution in [3.05, 3.63) is 35.7 Å². The van der Waals surface area contributed by atoms with E-state index in [0.29, 0.717) is 6.61 Å². The monoisotopic (exact) mass is 313 g/mol. The van der Waals surface area contributed by atoms with Gasteiger partial charge >= 0.3 is 0 Å². The van der Waals surface area contributed by atoms with Gasteiger partial charge in [-0.2, -0.15) is 5.10 Å². The van der Waals surface area contributed by atoms with E-state index in [-0.39, 0.29) is 0 Å². The van der Waals surface area contributed by atoms with Crippen LogP contribution in [0.25, 0.3) is 0 Å². The van der Waals surface area contributed by atoms with Gasteiger partial charge in [-0.25, -0.2) is 4.98 Å². The van der Waals surface area contributed by atoms with E-state index in [9.17, 15) is 0 Å². The lowest BCUT2D eigenvalue weighted by Gasteiger charge is -2.36. The molecule has 1 aromatic carbocycles. The predicted octanol–water partition coefficient (Wildman–Crippen LogP) is 2.21. The molecule has 0 unspecified atom stereocenters. The van der Waals surface area contributed by atoms with Gasteiger partial charge in [-0.05, 0) is 32.9 Å². The Kier molecular flexibility index (Phi) is 4.60. The minimum atomic E-state index is 0.680. The number of aryl methyl sites for hydroxylation is 2. The number of anilines is 2. The summed E-state index contributed by atoms with van der Waals surface area (Å²) in [6.07, 6.45) is 0. The van der Waals surface area contributed by atoms with Crippen LogP contribution in [0.3, 0.4) is 0 Å². The van der Waals surface area contributed by atoms with Crippen molar-refractivity contribution in [2.45, 2.75) is 20.8 Å². The second kappa shape index (κ2) is 6.81.